The number of sulfone groups is 1. The van der Waals surface area contributed by atoms with E-state index in [2.05, 4.69) is 11.4 Å². The summed E-state index contributed by atoms with van der Waals surface area (Å²) in [7, 11) is -3.21. The van der Waals surface area contributed by atoms with Gasteiger partial charge in [-0.15, -0.1) is 0 Å². The van der Waals surface area contributed by atoms with Crippen molar-refractivity contribution in [3.63, 3.8) is 0 Å². The lowest BCUT2D eigenvalue weighted by molar-refractivity contribution is -0.148. The van der Waals surface area contributed by atoms with Gasteiger partial charge in [-0.3, -0.25) is 0 Å². The molecule has 2 rings (SSSR count). The molecule has 2 N–H and O–H groups in total. The molecule has 0 aliphatic carbocycles. The van der Waals surface area contributed by atoms with Crippen LogP contribution in [0.15, 0.2) is 0 Å². The SMILES string of the molecule is CC1(C)CNCCC1(O)C1(C#N)CCS(=O)(=O)C1. The van der Waals surface area contributed by atoms with Crippen molar-refractivity contribution in [2.45, 2.75) is 32.3 Å². The third kappa shape index (κ3) is 1.77. The van der Waals surface area contributed by atoms with Crippen molar-refractivity contribution in [3.05, 3.63) is 0 Å². The molecule has 5 nitrogen and oxygen atoms in total. The molecule has 0 aromatic heterocycles. The van der Waals surface area contributed by atoms with E-state index in [0.717, 1.165) is 0 Å². The van der Waals surface area contributed by atoms with Crippen LogP contribution in [-0.2, 0) is 9.84 Å². The Kier molecular flexibility index (Phi) is 3.01. The van der Waals surface area contributed by atoms with Crippen molar-refractivity contribution in [2.24, 2.45) is 10.8 Å². The van der Waals surface area contributed by atoms with E-state index in [-0.39, 0.29) is 17.9 Å². The maximum absolute atomic E-state index is 11.7. The molecule has 0 aromatic rings. The molecule has 102 valence electrons. The number of hydrogen-bond donors (Lipinski definition) is 2. The molecule has 2 heterocycles. The van der Waals surface area contributed by atoms with Gasteiger partial charge in [-0.1, -0.05) is 13.8 Å². The van der Waals surface area contributed by atoms with Crippen molar-refractivity contribution in [2.75, 3.05) is 24.6 Å². The molecule has 2 aliphatic rings. The van der Waals surface area contributed by atoms with Gasteiger partial charge >= 0.3 is 0 Å². The van der Waals surface area contributed by atoms with Crippen LogP contribution in [0.5, 0.6) is 0 Å². The number of aliphatic hydroxyl groups is 1. The van der Waals surface area contributed by atoms with E-state index in [1.807, 2.05) is 13.8 Å². The molecule has 0 saturated carbocycles. The van der Waals surface area contributed by atoms with E-state index in [1.54, 1.807) is 0 Å². The van der Waals surface area contributed by atoms with Gasteiger partial charge in [0.05, 0.1) is 23.2 Å². The fourth-order valence-electron chi connectivity index (χ4n) is 3.40. The molecule has 6 heteroatoms. The predicted molar refractivity (Wildman–Crippen MR) is 67.5 cm³/mol. The minimum Gasteiger partial charge on any atom is -0.388 e. The van der Waals surface area contributed by atoms with Gasteiger partial charge in [0.2, 0.25) is 0 Å². The number of nitrogens with zero attached hydrogens (tertiary/aromatic N) is 1. The Morgan fingerprint density at radius 2 is 2.00 bits per heavy atom. The fraction of sp³-hybridized carbons (Fsp3) is 0.917. The number of rotatable bonds is 1. The highest BCUT2D eigenvalue weighted by Gasteiger charge is 2.63. The molecule has 2 unspecified atom stereocenters. The van der Waals surface area contributed by atoms with Crippen LogP contribution in [-0.4, -0.2) is 43.7 Å². The molecule has 2 atom stereocenters. The molecule has 0 bridgehead atoms. The van der Waals surface area contributed by atoms with Crippen LogP contribution in [0.2, 0.25) is 0 Å². The van der Waals surface area contributed by atoms with Gasteiger partial charge in [0, 0.05) is 12.0 Å². The summed E-state index contributed by atoms with van der Waals surface area (Å²) < 4.78 is 23.4. The molecule has 2 aliphatic heterocycles. The van der Waals surface area contributed by atoms with E-state index in [4.69, 9.17) is 0 Å². The molecule has 0 amide bonds. The van der Waals surface area contributed by atoms with Crippen LogP contribution < -0.4 is 5.32 Å². The Bertz CT molecular complexity index is 494. The van der Waals surface area contributed by atoms with Gasteiger partial charge in [0.25, 0.3) is 0 Å². The molecule has 2 fully saturated rings. The van der Waals surface area contributed by atoms with Crippen LogP contribution in [0, 0.1) is 22.2 Å². The topological polar surface area (TPSA) is 90.2 Å². The number of nitriles is 1. The van der Waals surface area contributed by atoms with Crippen molar-refractivity contribution < 1.29 is 13.5 Å². The zero-order valence-corrected chi connectivity index (χ0v) is 11.7. The van der Waals surface area contributed by atoms with E-state index < -0.39 is 26.3 Å². The summed E-state index contributed by atoms with van der Waals surface area (Å²) in [5, 5.41) is 23.8. The van der Waals surface area contributed by atoms with Gasteiger partial charge in [-0.05, 0) is 19.4 Å². The van der Waals surface area contributed by atoms with Gasteiger partial charge < -0.3 is 10.4 Å². The van der Waals surface area contributed by atoms with Crippen LogP contribution in [0.1, 0.15) is 26.7 Å². The summed E-state index contributed by atoms with van der Waals surface area (Å²) in [4.78, 5) is 0. The van der Waals surface area contributed by atoms with Crippen molar-refractivity contribution in [1.29, 1.82) is 5.26 Å². The molecule has 18 heavy (non-hydrogen) atoms. The molecule has 0 spiro atoms. The quantitative estimate of drug-likeness (QED) is 0.705. The van der Waals surface area contributed by atoms with Gasteiger partial charge in [0.15, 0.2) is 9.84 Å². The zero-order valence-electron chi connectivity index (χ0n) is 10.9. The lowest BCUT2D eigenvalue weighted by atomic mass is 9.57. The van der Waals surface area contributed by atoms with Crippen LogP contribution >= 0.6 is 0 Å². The first-order valence-corrected chi connectivity index (χ1v) is 8.05. The Hall–Kier alpha value is -0.640. The highest BCUT2D eigenvalue weighted by atomic mass is 32.2. The summed E-state index contributed by atoms with van der Waals surface area (Å²) in [5.74, 6) is -0.206. The summed E-state index contributed by atoms with van der Waals surface area (Å²) in [6.45, 7) is 4.99. The Balaban J connectivity index is 2.48. The second-order valence-electron chi connectivity index (χ2n) is 6.21. The van der Waals surface area contributed by atoms with Crippen molar-refractivity contribution in [1.82, 2.24) is 5.32 Å². The average molecular weight is 272 g/mol. The van der Waals surface area contributed by atoms with Crippen LogP contribution in [0.3, 0.4) is 0 Å². The molecular weight excluding hydrogens is 252 g/mol. The predicted octanol–water partition coefficient (Wildman–Crippen LogP) is 0.0655. The Labute approximate surface area is 108 Å². The highest BCUT2D eigenvalue weighted by molar-refractivity contribution is 7.91. The maximum Gasteiger partial charge on any atom is 0.152 e. The normalized spacial score (nSPS) is 42.3. The summed E-state index contributed by atoms with van der Waals surface area (Å²) in [5.41, 5.74) is -2.91. The third-order valence-electron chi connectivity index (χ3n) is 4.66. The molecule has 2 saturated heterocycles. The standard InChI is InChI=1S/C12H20N2O3S/c1-10(2)8-14-5-3-12(10,15)11(7-13)4-6-18(16,17)9-11/h14-15H,3-6,8-9H2,1-2H3. The van der Waals surface area contributed by atoms with E-state index in [1.165, 1.54) is 0 Å². The second-order valence-corrected chi connectivity index (χ2v) is 8.39. The first-order valence-electron chi connectivity index (χ1n) is 6.23. The van der Waals surface area contributed by atoms with Gasteiger partial charge in [-0.25, -0.2) is 8.42 Å². The smallest absolute Gasteiger partial charge is 0.152 e. The van der Waals surface area contributed by atoms with Crippen molar-refractivity contribution >= 4 is 9.84 Å². The van der Waals surface area contributed by atoms with Gasteiger partial charge in [0.1, 0.15) is 5.41 Å². The summed E-state index contributed by atoms with van der Waals surface area (Å²) in [6, 6.07) is 2.14. The van der Waals surface area contributed by atoms with Crippen molar-refractivity contribution in [3.8, 4) is 6.07 Å². The average Bonchev–Trinajstić information content (AvgIpc) is 2.60. The largest absolute Gasteiger partial charge is 0.388 e. The second kappa shape index (κ2) is 3.92. The minimum absolute atomic E-state index is 0.00633. The zero-order chi connectivity index (χ0) is 13.7. The molecule has 0 radical (unpaired) electrons. The first-order chi connectivity index (χ1) is 8.18. The lowest BCUT2D eigenvalue weighted by Gasteiger charge is -2.53. The summed E-state index contributed by atoms with van der Waals surface area (Å²) in [6.07, 6.45) is 0.662. The number of piperidine rings is 1. The minimum atomic E-state index is -3.21. The monoisotopic (exact) mass is 272 g/mol. The van der Waals surface area contributed by atoms with Gasteiger partial charge in [-0.2, -0.15) is 5.26 Å². The van der Waals surface area contributed by atoms with Crippen LogP contribution in [0.25, 0.3) is 0 Å². The Morgan fingerprint density at radius 3 is 2.44 bits per heavy atom. The third-order valence-corrected chi connectivity index (χ3v) is 6.42. The fourth-order valence-corrected chi connectivity index (χ4v) is 5.40. The molecular formula is C12H20N2O3S. The summed E-state index contributed by atoms with van der Waals surface area (Å²) >= 11 is 0. The molecule has 0 aromatic carbocycles. The highest BCUT2D eigenvalue weighted by Crippen LogP contribution is 2.52. The first kappa shape index (κ1) is 13.8. The van der Waals surface area contributed by atoms with E-state index in [0.29, 0.717) is 19.5 Å². The van der Waals surface area contributed by atoms with E-state index >= 15 is 0 Å². The van der Waals surface area contributed by atoms with E-state index in [9.17, 15) is 18.8 Å². The van der Waals surface area contributed by atoms with Crippen LogP contribution in [0.4, 0.5) is 0 Å². The maximum atomic E-state index is 11.7. The lowest BCUT2D eigenvalue weighted by Crippen LogP contribution is -2.64. The number of nitrogens with one attached hydrogen (secondary N) is 1. The number of hydrogen-bond acceptors (Lipinski definition) is 5. The Morgan fingerprint density at radius 1 is 1.33 bits per heavy atom.